The lowest BCUT2D eigenvalue weighted by molar-refractivity contribution is -0.392. The van der Waals surface area contributed by atoms with Crippen molar-refractivity contribution in [2.45, 2.75) is 72.3 Å². The maximum atomic E-state index is 14.5. The number of hydrogen-bond acceptors (Lipinski definition) is 5. The molecule has 52 heavy (non-hydrogen) atoms. The number of ether oxygens (including phenoxy) is 1. The van der Waals surface area contributed by atoms with Gasteiger partial charge < -0.3 is 20.1 Å². The number of rotatable bonds is 9. The third-order valence-corrected chi connectivity index (χ3v) is 12.2. The van der Waals surface area contributed by atoms with Gasteiger partial charge in [0.15, 0.2) is 9.84 Å². The molecule has 0 bridgehead atoms. The van der Waals surface area contributed by atoms with Crippen LogP contribution < -0.4 is 5.32 Å². The Bertz CT molecular complexity index is 1860. The molecule has 5 rings (SSSR count). The van der Waals surface area contributed by atoms with Gasteiger partial charge in [0.05, 0.1) is 17.4 Å². The number of amides is 2. The summed E-state index contributed by atoms with van der Waals surface area (Å²) >= 11 is 0. The van der Waals surface area contributed by atoms with Gasteiger partial charge in [-0.05, 0) is 74.1 Å². The Morgan fingerprint density at radius 2 is 1.40 bits per heavy atom. The summed E-state index contributed by atoms with van der Waals surface area (Å²) in [5.74, 6) is -5.27. The number of nitrogens with one attached hydrogen (secondary N) is 1. The first kappa shape index (κ1) is 38.9. The minimum Gasteiger partial charge on any atom is -0.481 e. The fourth-order valence-electron chi connectivity index (χ4n) is 6.75. The second kappa shape index (κ2) is 14.2. The van der Waals surface area contributed by atoms with Gasteiger partial charge in [-0.15, -0.1) is 0 Å². The number of halogens is 9. The van der Waals surface area contributed by atoms with E-state index in [1.54, 1.807) is 0 Å². The average Bonchev–Trinajstić information content (AvgIpc) is 3.53. The lowest BCUT2D eigenvalue weighted by atomic mass is 9.86. The van der Waals surface area contributed by atoms with Gasteiger partial charge in [-0.3, -0.25) is 4.79 Å². The van der Waals surface area contributed by atoms with Crippen LogP contribution in [0, 0.1) is 23.4 Å². The van der Waals surface area contributed by atoms with Crippen molar-refractivity contribution < 1.29 is 67.4 Å². The number of carboxylic acids is 1. The minimum atomic E-state index is -6.25. The molecular formula is C34H31F9N2O6S. The van der Waals surface area contributed by atoms with E-state index in [0.29, 0.717) is 49.2 Å². The highest BCUT2D eigenvalue weighted by molar-refractivity contribution is 7.92. The molecule has 2 aliphatic rings. The smallest absolute Gasteiger partial charge is 0.430 e. The molecule has 1 aliphatic heterocycles. The zero-order valence-corrected chi connectivity index (χ0v) is 27.7. The molecule has 1 atom stereocenters. The maximum Gasteiger partial charge on any atom is 0.430 e. The number of sulfone groups is 1. The molecule has 1 aliphatic carbocycles. The Hall–Kier alpha value is -4.32. The molecule has 3 aromatic carbocycles. The molecule has 1 unspecified atom stereocenters. The van der Waals surface area contributed by atoms with Gasteiger partial charge in [0.25, 0.3) is 5.60 Å². The van der Waals surface area contributed by atoms with Gasteiger partial charge in [-0.25, -0.2) is 26.4 Å². The number of aliphatic carboxylic acids is 1. The Morgan fingerprint density at radius 3 is 1.92 bits per heavy atom. The Morgan fingerprint density at radius 1 is 0.846 bits per heavy atom. The Balaban J connectivity index is 1.53. The summed E-state index contributed by atoms with van der Waals surface area (Å²) in [6.45, 7) is -2.63. The summed E-state index contributed by atoms with van der Waals surface area (Å²) in [6.07, 6.45) is -11.7. The van der Waals surface area contributed by atoms with Crippen LogP contribution in [0.25, 0.3) is 0 Å². The molecule has 3 aromatic rings. The Labute approximate surface area is 291 Å². The molecule has 282 valence electrons. The van der Waals surface area contributed by atoms with Crippen molar-refractivity contribution in [3.63, 3.8) is 0 Å². The quantitative estimate of drug-likeness (QED) is 0.174. The van der Waals surface area contributed by atoms with E-state index in [1.807, 2.05) is 0 Å². The SMILES string of the molecule is O=C(O)C1CCC(NC(=O)N2CCC(c3ccc(C(OCc4c(F)cccc4F)(C(F)(F)F)C(F)(F)F)cc3)(S(=O)(=O)c3ccc(F)cc3)C2)CC1. The predicted octanol–water partition coefficient (Wildman–Crippen LogP) is 7.37. The molecule has 0 radical (unpaired) electrons. The molecule has 2 fully saturated rings. The van der Waals surface area contributed by atoms with E-state index >= 15 is 0 Å². The van der Waals surface area contributed by atoms with Gasteiger partial charge in [0.2, 0.25) is 0 Å². The molecule has 0 aromatic heterocycles. The number of likely N-dealkylation sites (tertiary alicyclic amines) is 1. The molecule has 1 saturated heterocycles. The summed E-state index contributed by atoms with van der Waals surface area (Å²) in [5.41, 5.74) is -8.21. The molecule has 8 nitrogen and oxygen atoms in total. The molecule has 2 N–H and O–H groups in total. The maximum absolute atomic E-state index is 14.5. The largest absolute Gasteiger partial charge is 0.481 e. The van der Waals surface area contributed by atoms with Crippen LogP contribution in [0.3, 0.4) is 0 Å². The van der Waals surface area contributed by atoms with Gasteiger partial charge >= 0.3 is 24.4 Å². The number of urea groups is 1. The van der Waals surface area contributed by atoms with Gasteiger partial charge in [0, 0.05) is 30.3 Å². The number of alkyl halides is 6. The molecule has 0 spiro atoms. The first-order chi connectivity index (χ1) is 24.2. The molecule has 1 saturated carbocycles. The summed E-state index contributed by atoms with van der Waals surface area (Å²) in [4.78, 5) is 25.3. The number of carbonyl (C=O) groups is 2. The second-order valence-electron chi connectivity index (χ2n) is 12.7. The van der Waals surface area contributed by atoms with Crippen molar-refractivity contribution in [2.75, 3.05) is 13.1 Å². The minimum absolute atomic E-state index is 0.231. The van der Waals surface area contributed by atoms with Crippen LogP contribution in [0.5, 0.6) is 0 Å². The van der Waals surface area contributed by atoms with Crippen molar-refractivity contribution in [1.29, 1.82) is 0 Å². The zero-order valence-electron chi connectivity index (χ0n) is 26.9. The topological polar surface area (TPSA) is 113 Å². The number of carboxylic acid groups (broad SMARTS) is 1. The highest BCUT2D eigenvalue weighted by atomic mass is 32.2. The molecular weight excluding hydrogens is 735 g/mol. The number of carbonyl (C=O) groups excluding carboxylic acids is 1. The van der Waals surface area contributed by atoms with E-state index < -0.39 is 103 Å². The normalized spacial score (nSPS) is 21.6. The lowest BCUT2D eigenvalue weighted by Crippen LogP contribution is -2.56. The van der Waals surface area contributed by atoms with Crippen LogP contribution in [0.1, 0.15) is 48.8 Å². The third-order valence-electron chi connectivity index (χ3n) is 9.67. The van der Waals surface area contributed by atoms with E-state index in [2.05, 4.69) is 10.1 Å². The number of benzene rings is 3. The number of hydrogen-bond donors (Lipinski definition) is 2. The van der Waals surface area contributed by atoms with E-state index in [9.17, 15) is 62.6 Å². The van der Waals surface area contributed by atoms with E-state index in [-0.39, 0.29) is 31.4 Å². The summed E-state index contributed by atoms with van der Waals surface area (Å²) in [7, 11) is -4.66. The van der Waals surface area contributed by atoms with Gasteiger partial charge in [-0.2, -0.15) is 26.3 Å². The average molecular weight is 767 g/mol. The van der Waals surface area contributed by atoms with Gasteiger partial charge in [-0.1, -0.05) is 30.3 Å². The highest BCUT2D eigenvalue weighted by Gasteiger charge is 2.73. The monoisotopic (exact) mass is 766 g/mol. The van der Waals surface area contributed by atoms with E-state index in [0.717, 1.165) is 35.2 Å². The summed E-state index contributed by atoms with van der Waals surface area (Å²) < 4.78 is 160. The highest BCUT2D eigenvalue weighted by Crippen LogP contribution is 2.54. The first-order valence-corrected chi connectivity index (χ1v) is 17.3. The number of nitrogens with zero attached hydrogens (tertiary/aromatic N) is 1. The van der Waals surface area contributed by atoms with Crippen LogP contribution in [0.4, 0.5) is 44.3 Å². The van der Waals surface area contributed by atoms with Crippen LogP contribution in [-0.4, -0.2) is 61.9 Å². The van der Waals surface area contributed by atoms with E-state index in [4.69, 9.17) is 0 Å². The van der Waals surface area contributed by atoms with Crippen molar-refractivity contribution >= 4 is 21.8 Å². The van der Waals surface area contributed by atoms with Crippen LogP contribution >= 0.6 is 0 Å². The fourth-order valence-corrected chi connectivity index (χ4v) is 8.83. The summed E-state index contributed by atoms with van der Waals surface area (Å²) in [5, 5.41) is 12.0. The van der Waals surface area contributed by atoms with E-state index in [1.165, 1.54) is 0 Å². The molecule has 1 heterocycles. The van der Waals surface area contributed by atoms with Crippen molar-refractivity contribution in [3.8, 4) is 0 Å². The van der Waals surface area contributed by atoms with Gasteiger partial charge in [0.1, 0.15) is 22.2 Å². The molecule has 2 amide bonds. The van der Waals surface area contributed by atoms with Crippen LogP contribution in [0.15, 0.2) is 71.6 Å². The zero-order chi connectivity index (χ0) is 38.3. The standard InChI is InChI=1S/C34H31F9N2O6S/c35-23-10-14-25(15-11-23)52(49,50)31(16-17-45(19-31)30(48)44-24-12-4-20(5-13-24)29(46)47)21-6-8-22(9-7-21)32(33(38,39)40,34(41,42)43)51-18-26-27(36)2-1-3-28(26)37/h1-3,6-11,14-15,20,24H,4-5,12-13,16-19H2,(H,44,48)(H,46,47). The molecule has 18 heteroatoms. The fraction of sp³-hybridized carbons (Fsp3) is 0.412. The van der Waals surface area contributed by atoms with Crippen molar-refractivity contribution in [2.24, 2.45) is 5.92 Å². The predicted molar refractivity (Wildman–Crippen MR) is 165 cm³/mol. The second-order valence-corrected chi connectivity index (χ2v) is 15.0. The van der Waals surface area contributed by atoms with Crippen LogP contribution in [-0.2, 0) is 36.3 Å². The summed E-state index contributed by atoms with van der Waals surface area (Å²) in [6, 6.07) is 6.58. The Kier molecular flexibility index (Phi) is 10.7. The first-order valence-electron chi connectivity index (χ1n) is 15.8. The third kappa shape index (κ3) is 7.06. The lowest BCUT2D eigenvalue weighted by Gasteiger charge is -2.38. The van der Waals surface area contributed by atoms with Crippen molar-refractivity contribution in [3.05, 3.63) is 101 Å². The van der Waals surface area contributed by atoms with Crippen molar-refractivity contribution in [1.82, 2.24) is 10.2 Å². The van der Waals surface area contributed by atoms with Crippen LogP contribution in [0.2, 0.25) is 0 Å².